The van der Waals surface area contributed by atoms with Crippen LogP contribution in [0.2, 0.25) is 0 Å². The fourth-order valence-electron chi connectivity index (χ4n) is 0.769. The lowest BCUT2D eigenvalue weighted by atomic mass is 10.3. The van der Waals surface area contributed by atoms with Gasteiger partial charge in [0, 0.05) is 4.47 Å². The minimum Gasteiger partial charge on any atom is -0.425 e. The molecule has 5 heteroatoms. The average Bonchev–Trinajstić information content (AvgIpc) is 2.20. The van der Waals surface area contributed by atoms with Crippen LogP contribution in [0.15, 0.2) is 28.7 Å². The maximum Gasteiger partial charge on any atom is 0.330 e. The Labute approximate surface area is 89.8 Å². The first kappa shape index (κ1) is 11.2. The van der Waals surface area contributed by atoms with Gasteiger partial charge in [-0.2, -0.15) is 0 Å². The second-order valence-corrected chi connectivity index (χ2v) is 3.58. The topological polar surface area (TPSA) is 72.5 Å². The molecule has 0 spiro atoms. The molecule has 1 aromatic rings. The smallest absolute Gasteiger partial charge is 0.330 e. The minimum absolute atomic E-state index is 0.405. The SMILES string of the molecule is N[C@@H](CO)C(=O)Oc1ccc(Br)cc1. The number of esters is 1. The molecule has 0 aliphatic rings. The van der Waals surface area contributed by atoms with Gasteiger partial charge in [-0.15, -0.1) is 0 Å². The Morgan fingerprint density at radius 3 is 2.57 bits per heavy atom. The lowest BCUT2D eigenvalue weighted by Gasteiger charge is -2.07. The molecule has 0 radical (unpaired) electrons. The van der Waals surface area contributed by atoms with Gasteiger partial charge in [0.2, 0.25) is 0 Å². The third-order valence-electron chi connectivity index (χ3n) is 1.53. The lowest BCUT2D eigenvalue weighted by Crippen LogP contribution is -2.37. The van der Waals surface area contributed by atoms with E-state index in [9.17, 15) is 4.79 Å². The Morgan fingerprint density at radius 1 is 1.50 bits per heavy atom. The van der Waals surface area contributed by atoms with Gasteiger partial charge in [0.15, 0.2) is 0 Å². The van der Waals surface area contributed by atoms with E-state index in [4.69, 9.17) is 15.6 Å². The molecule has 0 aliphatic heterocycles. The summed E-state index contributed by atoms with van der Waals surface area (Å²) in [4.78, 5) is 11.1. The Kier molecular flexibility index (Phi) is 4.06. The number of halogens is 1. The van der Waals surface area contributed by atoms with E-state index in [1.54, 1.807) is 24.3 Å². The van der Waals surface area contributed by atoms with Gasteiger partial charge in [-0.05, 0) is 24.3 Å². The number of ether oxygens (including phenoxy) is 1. The zero-order valence-corrected chi connectivity index (χ0v) is 8.90. The van der Waals surface area contributed by atoms with E-state index in [0.717, 1.165) is 4.47 Å². The van der Waals surface area contributed by atoms with Crippen LogP contribution in [0.5, 0.6) is 5.75 Å². The van der Waals surface area contributed by atoms with Crippen molar-refractivity contribution in [1.82, 2.24) is 0 Å². The third kappa shape index (κ3) is 3.10. The van der Waals surface area contributed by atoms with Gasteiger partial charge in [-0.25, -0.2) is 4.79 Å². The van der Waals surface area contributed by atoms with Gasteiger partial charge in [0.05, 0.1) is 6.61 Å². The van der Waals surface area contributed by atoms with Gasteiger partial charge in [0.25, 0.3) is 0 Å². The molecule has 1 atom stereocenters. The molecule has 1 rings (SSSR count). The Balaban J connectivity index is 2.60. The first-order valence-electron chi connectivity index (χ1n) is 3.97. The predicted octanol–water partition coefficient (Wildman–Crippen LogP) is 0.674. The molecule has 0 unspecified atom stereocenters. The number of rotatable bonds is 3. The quantitative estimate of drug-likeness (QED) is 0.619. The van der Waals surface area contributed by atoms with Crippen LogP contribution in [0.1, 0.15) is 0 Å². The van der Waals surface area contributed by atoms with Gasteiger partial charge in [0.1, 0.15) is 11.8 Å². The number of aliphatic hydroxyl groups excluding tert-OH is 1. The molecule has 0 aliphatic carbocycles. The van der Waals surface area contributed by atoms with Gasteiger partial charge >= 0.3 is 5.97 Å². The first-order valence-corrected chi connectivity index (χ1v) is 4.76. The number of nitrogens with two attached hydrogens (primary N) is 1. The van der Waals surface area contributed by atoms with Crippen LogP contribution >= 0.6 is 15.9 Å². The fourth-order valence-corrected chi connectivity index (χ4v) is 1.03. The van der Waals surface area contributed by atoms with Crippen molar-refractivity contribution in [3.63, 3.8) is 0 Å². The summed E-state index contributed by atoms with van der Waals surface area (Å²) in [5, 5.41) is 8.59. The number of carbonyl (C=O) groups excluding carboxylic acids is 1. The summed E-state index contributed by atoms with van der Waals surface area (Å²) >= 11 is 3.25. The first-order chi connectivity index (χ1) is 6.63. The van der Waals surface area contributed by atoms with E-state index in [-0.39, 0.29) is 0 Å². The number of aliphatic hydroxyl groups is 1. The fraction of sp³-hybridized carbons (Fsp3) is 0.222. The summed E-state index contributed by atoms with van der Waals surface area (Å²) in [5.41, 5.74) is 5.26. The molecule has 0 saturated carbocycles. The van der Waals surface area contributed by atoms with Crippen molar-refractivity contribution in [2.24, 2.45) is 5.73 Å². The molecule has 0 saturated heterocycles. The highest BCUT2D eigenvalue weighted by Crippen LogP contribution is 2.16. The molecular weight excluding hydrogens is 250 g/mol. The summed E-state index contributed by atoms with van der Waals surface area (Å²) in [6.45, 7) is -0.421. The Bertz CT molecular complexity index is 312. The van der Waals surface area contributed by atoms with Crippen molar-refractivity contribution in [3.8, 4) is 5.75 Å². The van der Waals surface area contributed by atoms with Crippen LogP contribution in [0.4, 0.5) is 0 Å². The molecular formula is C9H10BrNO3. The highest BCUT2D eigenvalue weighted by Gasteiger charge is 2.14. The van der Waals surface area contributed by atoms with E-state index in [1.807, 2.05) is 0 Å². The third-order valence-corrected chi connectivity index (χ3v) is 2.06. The molecule has 1 aromatic carbocycles. The molecule has 4 nitrogen and oxygen atoms in total. The van der Waals surface area contributed by atoms with Crippen LogP contribution in [0.25, 0.3) is 0 Å². The van der Waals surface area contributed by atoms with E-state index in [2.05, 4.69) is 15.9 Å². The summed E-state index contributed by atoms with van der Waals surface area (Å²) in [5.74, 6) is -0.239. The molecule has 0 amide bonds. The molecule has 0 bridgehead atoms. The standard InChI is InChI=1S/C9H10BrNO3/c10-6-1-3-7(4-2-6)14-9(13)8(11)5-12/h1-4,8,12H,5,11H2/t8-/m0/s1. The van der Waals surface area contributed by atoms with Crippen LogP contribution in [0, 0.1) is 0 Å². The molecule has 0 aromatic heterocycles. The van der Waals surface area contributed by atoms with E-state index >= 15 is 0 Å². The van der Waals surface area contributed by atoms with Crippen molar-refractivity contribution in [2.75, 3.05) is 6.61 Å². The molecule has 0 fully saturated rings. The van der Waals surface area contributed by atoms with Crippen LogP contribution in [-0.2, 0) is 4.79 Å². The maximum atomic E-state index is 11.1. The molecule has 76 valence electrons. The van der Waals surface area contributed by atoms with Crippen molar-refractivity contribution in [2.45, 2.75) is 6.04 Å². The second kappa shape index (κ2) is 5.09. The monoisotopic (exact) mass is 259 g/mol. The predicted molar refractivity (Wildman–Crippen MR) is 54.8 cm³/mol. The largest absolute Gasteiger partial charge is 0.425 e. The number of hydrogen-bond acceptors (Lipinski definition) is 4. The molecule has 0 heterocycles. The lowest BCUT2D eigenvalue weighted by molar-refractivity contribution is -0.136. The van der Waals surface area contributed by atoms with Crippen LogP contribution in [0.3, 0.4) is 0 Å². The zero-order valence-electron chi connectivity index (χ0n) is 7.31. The normalized spacial score (nSPS) is 12.2. The summed E-state index contributed by atoms with van der Waals surface area (Å²) < 4.78 is 5.77. The van der Waals surface area contributed by atoms with Crippen LogP contribution in [-0.4, -0.2) is 23.7 Å². The van der Waals surface area contributed by atoms with Crippen molar-refractivity contribution in [1.29, 1.82) is 0 Å². The average molecular weight is 260 g/mol. The van der Waals surface area contributed by atoms with E-state index in [1.165, 1.54) is 0 Å². The minimum atomic E-state index is -0.987. The summed E-state index contributed by atoms with van der Waals surface area (Å²) in [6.07, 6.45) is 0. The Hall–Kier alpha value is -0.910. The number of hydrogen-bond donors (Lipinski definition) is 2. The zero-order chi connectivity index (χ0) is 10.6. The van der Waals surface area contributed by atoms with Crippen molar-refractivity contribution >= 4 is 21.9 Å². The number of carbonyl (C=O) groups is 1. The number of benzene rings is 1. The maximum absolute atomic E-state index is 11.1. The van der Waals surface area contributed by atoms with Gasteiger partial charge in [-0.1, -0.05) is 15.9 Å². The van der Waals surface area contributed by atoms with E-state index in [0.29, 0.717) is 5.75 Å². The van der Waals surface area contributed by atoms with Crippen LogP contribution < -0.4 is 10.5 Å². The second-order valence-electron chi connectivity index (χ2n) is 2.66. The van der Waals surface area contributed by atoms with Gasteiger partial charge in [-0.3, -0.25) is 0 Å². The molecule has 3 N–H and O–H groups in total. The van der Waals surface area contributed by atoms with E-state index < -0.39 is 18.6 Å². The van der Waals surface area contributed by atoms with Crippen molar-refractivity contribution in [3.05, 3.63) is 28.7 Å². The van der Waals surface area contributed by atoms with Crippen molar-refractivity contribution < 1.29 is 14.6 Å². The summed E-state index contributed by atoms with van der Waals surface area (Å²) in [7, 11) is 0. The highest BCUT2D eigenvalue weighted by molar-refractivity contribution is 9.10. The van der Waals surface area contributed by atoms with Gasteiger partial charge < -0.3 is 15.6 Å². The Morgan fingerprint density at radius 2 is 2.07 bits per heavy atom. The summed E-state index contributed by atoms with van der Waals surface area (Å²) in [6, 6.07) is 5.76. The highest BCUT2D eigenvalue weighted by atomic mass is 79.9. The molecule has 14 heavy (non-hydrogen) atoms.